The molecule has 0 aliphatic carbocycles. The van der Waals surface area contributed by atoms with Gasteiger partial charge < -0.3 is 84.3 Å². The molecule has 2 saturated heterocycles. The van der Waals surface area contributed by atoms with E-state index < -0.39 is 120 Å². The molecule has 2 aliphatic rings. The Hall–Kier alpha value is -5.48. The van der Waals surface area contributed by atoms with E-state index in [0.29, 0.717) is 5.56 Å². The quantitative estimate of drug-likeness (QED) is 0.0553. The van der Waals surface area contributed by atoms with Crippen LogP contribution in [0.3, 0.4) is 0 Å². The summed E-state index contributed by atoms with van der Waals surface area (Å²) in [7, 11) is 1.34. The second kappa shape index (κ2) is 16.3. The van der Waals surface area contributed by atoms with Crippen molar-refractivity contribution < 1.29 is 89.1 Å². The third-order valence-corrected chi connectivity index (χ3v) is 9.39. The summed E-state index contributed by atoms with van der Waals surface area (Å²) in [5.74, 6) is -3.73. The average Bonchev–Trinajstić information content (AvgIpc) is 3.17. The second-order valence-corrected chi connectivity index (χ2v) is 13.0. The van der Waals surface area contributed by atoms with Crippen molar-refractivity contribution in [1.29, 1.82) is 0 Å². The molecule has 11 N–H and O–H groups in total. The third-order valence-electron chi connectivity index (χ3n) is 9.39. The van der Waals surface area contributed by atoms with Crippen molar-refractivity contribution in [2.45, 2.75) is 61.2 Å². The average molecular weight is 787 g/mol. The fraction of sp³-hybridized carbons (Fsp3) is 0.351. The second-order valence-electron chi connectivity index (χ2n) is 13.0. The Morgan fingerprint density at radius 1 is 0.786 bits per heavy atom. The van der Waals surface area contributed by atoms with E-state index in [2.05, 4.69) is 0 Å². The number of benzene rings is 3. The van der Waals surface area contributed by atoms with Gasteiger partial charge in [-0.2, -0.15) is 0 Å². The number of hydrogen-bond acceptors (Lipinski definition) is 19. The van der Waals surface area contributed by atoms with E-state index >= 15 is 0 Å². The lowest BCUT2D eigenvalue weighted by molar-refractivity contribution is -0.342. The molecule has 3 aromatic carbocycles. The first-order valence-corrected chi connectivity index (χ1v) is 16.9. The molecule has 19 nitrogen and oxygen atoms in total. The standard InChI is InChI=1S/C37H38O19/c1-51-22-8-14(2-5-17(22)40)3-7-26(44)52-13-25-30(46)32(48)34(50)37(55-25)56-36-33(49)29(45)24(12-38)54-35(36)28-20(43)11-23-27(31(28)47)19(42)10-21(53-23)15-4-6-16(39)18(41)9-15/h2-11,24-25,29-30,32-41,43,45-50H,12-13H2,1H3/b7-3+. The number of hydrogen-bond donors (Lipinski definition) is 11. The van der Waals surface area contributed by atoms with Gasteiger partial charge in [-0.15, -0.1) is 0 Å². The van der Waals surface area contributed by atoms with Gasteiger partial charge in [-0.05, 0) is 42.0 Å². The molecule has 10 atom stereocenters. The molecular formula is C37H38O19. The normalized spacial score (nSPS) is 28.1. The number of carbonyl (C=O) groups excluding carboxylic acids is 1. The maximum absolute atomic E-state index is 13.4. The van der Waals surface area contributed by atoms with Gasteiger partial charge in [0.25, 0.3) is 0 Å². The minimum Gasteiger partial charge on any atom is -0.507 e. The van der Waals surface area contributed by atoms with Crippen molar-refractivity contribution in [3.05, 3.63) is 76.0 Å². The smallest absolute Gasteiger partial charge is 0.330 e. The highest BCUT2D eigenvalue weighted by molar-refractivity contribution is 5.88. The van der Waals surface area contributed by atoms with Crippen molar-refractivity contribution in [1.82, 2.24) is 0 Å². The van der Waals surface area contributed by atoms with Crippen LogP contribution in [0.2, 0.25) is 0 Å². The molecule has 3 heterocycles. The summed E-state index contributed by atoms with van der Waals surface area (Å²) in [5.41, 5.74) is -1.21. The van der Waals surface area contributed by atoms with Crippen molar-refractivity contribution >= 4 is 23.0 Å². The molecule has 4 aromatic rings. The molecule has 10 unspecified atom stereocenters. The lowest BCUT2D eigenvalue weighted by atomic mass is 9.89. The number of aliphatic hydroxyl groups excluding tert-OH is 6. The molecule has 56 heavy (non-hydrogen) atoms. The summed E-state index contributed by atoms with van der Waals surface area (Å²) in [4.78, 5) is 25.9. The van der Waals surface area contributed by atoms with Crippen LogP contribution in [-0.4, -0.2) is 138 Å². The summed E-state index contributed by atoms with van der Waals surface area (Å²) in [6.45, 7) is -1.60. The molecule has 6 rings (SSSR count). The predicted octanol–water partition coefficient (Wildman–Crippen LogP) is -0.400. The number of phenols is 5. The topological polar surface area (TPSA) is 316 Å². The first kappa shape index (κ1) is 40.2. The van der Waals surface area contributed by atoms with Gasteiger partial charge in [0, 0.05) is 23.8 Å². The number of esters is 1. The Bertz CT molecular complexity index is 2170. The van der Waals surface area contributed by atoms with Gasteiger partial charge in [-0.25, -0.2) is 4.79 Å². The van der Waals surface area contributed by atoms with Crippen molar-refractivity contribution in [3.8, 4) is 45.8 Å². The molecule has 2 aliphatic heterocycles. The van der Waals surface area contributed by atoms with Crippen LogP contribution in [0, 0.1) is 0 Å². The highest BCUT2D eigenvalue weighted by Gasteiger charge is 2.52. The highest BCUT2D eigenvalue weighted by atomic mass is 16.7. The van der Waals surface area contributed by atoms with Crippen molar-refractivity contribution in [2.75, 3.05) is 20.3 Å². The molecule has 0 amide bonds. The lowest BCUT2D eigenvalue weighted by Crippen LogP contribution is -2.63. The number of carbonyl (C=O) groups is 1. The Labute approximate surface area is 315 Å². The van der Waals surface area contributed by atoms with Crippen LogP contribution in [0.15, 0.2) is 63.8 Å². The largest absolute Gasteiger partial charge is 0.507 e. The molecule has 300 valence electrons. The van der Waals surface area contributed by atoms with E-state index in [1.54, 1.807) is 0 Å². The summed E-state index contributed by atoms with van der Waals surface area (Å²) < 4.78 is 33.1. The minimum atomic E-state index is -2.05. The van der Waals surface area contributed by atoms with Crippen molar-refractivity contribution in [2.24, 2.45) is 0 Å². The predicted molar refractivity (Wildman–Crippen MR) is 187 cm³/mol. The number of phenolic OH excluding ortho intramolecular Hbond substituents is 5. The fourth-order valence-electron chi connectivity index (χ4n) is 6.37. The Balaban J connectivity index is 1.27. The van der Waals surface area contributed by atoms with E-state index in [1.807, 2.05) is 0 Å². The zero-order chi connectivity index (χ0) is 40.6. The van der Waals surface area contributed by atoms with E-state index in [0.717, 1.165) is 30.3 Å². The van der Waals surface area contributed by atoms with Crippen LogP contribution in [0.5, 0.6) is 34.5 Å². The van der Waals surface area contributed by atoms with Crippen LogP contribution >= 0.6 is 0 Å². The highest BCUT2D eigenvalue weighted by Crippen LogP contribution is 2.46. The summed E-state index contributed by atoms with van der Waals surface area (Å²) in [5, 5.41) is 115. The Morgan fingerprint density at radius 2 is 1.50 bits per heavy atom. The van der Waals surface area contributed by atoms with Crippen molar-refractivity contribution in [3.63, 3.8) is 0 Å². The third kappa shape index (κ3) is 7.80. The van der Waals surface area contributed by atoms with Gasteiger partial charge in [-0.1, -0.05) is 6.07 Å². The molecule has 19 heteroatoms. The Morgan fingerprint density at radius 3 is 2.20 bits per heavy atom. The van der Waals surface area contributed by atoms with Crippen LogP contribution in [0.1, 0.15) is 17.2 Å². The number of rotatable bonds is 10. The molecule has 1 aromatic heterocycles. The number of aromatic hydroxyl groups is 5. The van der Waals surface area contributed by atoms with Gasteiger partial charge in [0.2, 0.25) is 0 Å². The van der Waals surface area contributed by atoms with Gasteiger partial charge in [0.05, 0.1) is 19.3 Å². The number of fused-ring (bicyclic) bond motifs is 1. The molecule has 2 fully saturated rings. The molecular weight excluding hydrogens is 748 g/mol. The first-order chi connectivity index (χ1) is 26.6. The van der Waals surface area contributed by atoms with Gasteiger partial charge >= 0.3 is 5.97 Å². The monoisotopic (exact) mass is 786 g/mol. The van der Waals surface area contributed by atoms with E-state index in [1.165, 1.54) is 37.5 Å². The molecule has 0 bridgehead atoms. The fourth-order valence-corrected chi connectivity index (χ4v) is 6.37. The molecule has 0 spiro atoms. The van der Waals surface area contributed by atoms with Crippen LogP contribution < -0.4 is 10.2 Å². The first-order valence-electron chi connectivity index (χ1n) is 16.9. The summed E-state index contributed by atoms with van der Waals surface area (Å²) in [6, 6.07) is 9.71. The van der Waals surface area contributed by atoms with E-state index in [4.69, 9.17) is 28.1 Å². The SMILES string of the molecule is COc1cc(/C=C/C(=O)OCC2OC(OC3C(c4c(O)cc5oc(-c6ccc(O)c(O)c6)cc(=O)c5c4O)OC(CO)C(O)C3O)C(O)C(O)C2O)ccc1O. The number of aliphatic hydroxyl groups is 6. The molecule has 0 radical (unpaired) electrons. The minimum absolute atomic E-state index is 0.127. The summed E-state index contributed by atoms with van der Waals surface area (Å²) in [6.07, 6.45) is -16.3. The van der Waals surface area contributed by atoms with Crippen LogP contribution in [-0.2, 0) is 23.7 Å². The lowest BCUT2D eigenvalue weighted by Gasteiger charge is -2.46. The summed E-state index contributed by atoms with van der Waals surface area (Å²) >= 11 is 0. The maximum Gasteiger partial charge on any atom is 0.330 e. The van der Waals surface area contributed by atoms with Gasteiger partial charge in [-0.3, -0.25) is 4.79 Å². The van der Waals surface area contributed by atoms with E-state index in [9.17, 15) is 65.8 Å². The molecule has 0 saturated carbocycles. The van der Waals surface area contributed by atoms with Gasteiger partial charge in [0.15, 0.2) is 34.7 Å². The maximum atomic E-state index is 13.4. The Kier molecular flexibility index (Phi) is 11.7. The van der Waals surface area contributed by atoms with Crippen LogP contribution in [0.25, 0.3) is 28.4 Å². The number of ether oxygens (including phenoxy) is 5. The van der Waals surface area contributed by atoms with Gasteiger partial charge in [0.1, 0.15) is 89.8 Å². The van der Waals surface area contributed by atoms with Crippen LogP contribution in [0.4, 0.5) is 0 Å². The van der Waals surface area contributed by atoms with E-state index in [-0.39, 0.29) is 28.4 Å². The number of methoxy groups -OCH3 is 1. The zero-order valence-electron chi connectivity index (χ0n) is 29.1. The zero-order valence-corrected chi connectivity index (χ0v) is 29.1.